The molecular weight excluding hydrogens is 310 g/mol. The van der Waals surface area contributed by atoms with E-state index in [1.165, 1.54) is 5.56 Å². The maximum atomic E-state index is 11.0. The van der Waals surface area contributed by atoms with Crippen LogP contribution in [0, 0.1) is 6.92 Å². The van der Waals surface area contributed by atoms with Crippen LogP contribution in [0.25, 0.3) is 0 Å². The van der Waals surface area contributed by atoms with Gasteiger partial charge in [-0.25, -0.2) is 10.2 Å². The number of primary amides is 1. The van der Waals surface area contributed by atoms with E-state index in [1.807, 2.05) is 31.2 Å². The van der Waals surface area contributed by atoms with Gasteiger partial charge in [-0.05, 0) is 24.6 Å². The number of nitrogens with two attached hydrogens (primary N) is 1. The molecule has 4 N–H and O–H groups in total. The van der Waals surface area contributed by atoms with Crippen LogP contribution in [-0.2, 0) is 11.4 Å². The molecule has 7 nitrogen and oxygen atoms in total. The van der Waals surface area contributed by atoms with Gasteiger partial charge in [0.2, 0.25) is 0 Å². The van der Waals surface area contributed by atoms with E-state index in [9.17, 15) is 9.59 Å². The number of ether oxygens (including phenoxy) is 1. The van der Waals surface area contributed by atoms with Crippen molar-refractivity contribution < 1.29 is 19.4 Å². The number of nitrogens with zero attached hydrogens (tertiary/aromatic N) is 1. The van der Waals surface area contributed by atoms with Crippen LogP contribution in [0.3, 0.4) is 0 Å². The Bertz CT molecular complexity index is 700. The number of amides is 2. The molecule has 0 spiro atoms. The minimum absolute atomic E-state index is 0.381. The smallest absolute Gasteiger partial charge is 0.330 e. The van der Waals surface area contributed by atoms with Crippen LogP contribution in [0.1, 0.15) is 11.1 Å². The number of urea groups is 1. The third kappa shape index (κ3) is 5.20. The molecule has 0 unspecified atom stereocenters. The lowest BCUT2D eigenvalue weighted by molar-refractivity contribution is -0.135. The molecule has 0 aromatic heterocycles. The number of carboxylic acid groups (broad SMARTS) is 1. The quantitative estimate of drug-likeness (QED) is 0.674. The van der Waals surface area contributed by atoms with Gasteiger partial charge in [-0.1, -0.05) is 35.9 Å². The number of hydrazine groups is 1. The maximum Gasteiger partial charge on any atom is 0.330 e. The van der Waals surface area contributed by atoms with Crippen molar-refractivity contribution in [2.24, 2.45) is 5.73 Å². The van der Waals surface area contributed by atoms with Gasteiger partial charge in [-0.3, -0.25) is 9.80 Å². The first-order valence-electron chi connectivity index (χ1n) is 7.28. The van der Waals surface area contributed by atoms with Crippen molar-refractivity contribution in [3.05, 3.63) is 59.7 Å². The summed E-state index contributed by atoms with van der Waals surface area (Å²) in [6.45, 7) is 1.97. The zero-order chi connectivity index (χ0) is 17.5. The summed E-state index contributed by atoms with van der Waals surface area (Å²) >= 11 is 0. The van der Waals surface area contributed by atoms with Crippen LogP contribution in [0.5, 0.6) is 5.75 Å². The maximum absolute atomic E-state index is 11.0. The molecule has 0 aliphatic rings. The molecule has 0 saturated heterocycles. The molecule has 2 amide bonds. The highest BCUT2D eigenvalue weighted by Crippen LogP contribution is 2.21. The highest BCUT2D eigenvalue weighted by atomic mass is 16.5. The second kappa shape index (κ2) is 7.87. The SMILES string of the molecule is Cc1ccc(COc2cccc(N(CC(=O)O)NC(N)=O)c2)cc1. The fraction of sp³-hybridized carbons (Fsp3) is 0.176. The number of hydrogen-bond donors (Lipinski definition) is 3. The van der Waals surface area contributed by atoms with Crippen molar-refractivity contribution in [3.63, 3.8) is 0 Å². The van der Waals surface area contributed by atoms with Crippen LogP contribution < -0.4 is 20.9 Å². The third-order valence-electron chi connectivity index (χ3n) is 3.19. The van der Waals surface area contributed by atoms with Crippen LogP contribution in [0.15, 0.2) is 48.5 Å². The number of rotatable bonds is 7. The average Bonchev–Trinajstić information content (AvgIpc) is 2.53. The summed E-state index contributed by atoms with van der Waals surface area (Å²) in [5, 5.41) is 10.1. The Morgan fingerprint density at radius 1 is 1.21 bits per heavy atom. The Hall–Kier alpha value is -3.22. The Labute approximate surface area is 139 Å². The van der Waals surface area contributed by atoms with Crippen LogP contribution >= 0.6 is 0 Å². The normalized spacial score (nSPS) is 10.0. The first kappa shape index (κ1) is 17.1. The van der Waals surface area contributed by atoms with Gasteiger partial charge in [-0.2, -0.15) is 0 Å². The van der Waals surface area contributed by atoms with Gasteiger partial charge in [-0.15, -0.1) is 0 Å². The summed E-state index contributed by atoms with van der Waals surface area (Å²) < 4.78 is 5.71. The lowest BCUT2D eigenvalue weighted by atomic mass is 10.2. The molecule has 126 valence electrons. The molecule has 0 fully saturated rings. The predicted molar refractivity (Wildman–Crippen MR) is 89.7 cm³/mol. The molecule has 0 radical (unpaired) electrons. The zero-order valence-corrected chi connectivity index (χ0v) is 13.2. The second-order valence-corrected chi connectivity index (χ2v) is 5.23. The largest absolute Gasteiger partial charge is 0.489 e. The minimum Gasteiger partial charge on any atom is -0.489 e. The van der Waals surface area contributed by atoms with E-state index in [2.05, 4.69) is 5.43 Å². The number of benzene rings is 2. The topological polar surface area (TPSA) is 105 Å². The van der Waals surface area contributed by atoms with Gasteiger partial charge in [0, 0.05) is 6.07 Å². The van der Waals surface area contributed by atoms with Gasteiger partial charge in [0.1, 0.15) is 18.9 Å². The molecule has 0 aliphatic carbocycles. The van der Waals surface area contributed by atoms with Crippen molar-refractivity contribution in [2.75, 3.05) is 11.6 Å². The highest BCUT2D eigenvalue weighted by molar-refractivity contribution is 5.78. The van der Waals surface area contributed by atoms with E-state index in [4.69, 9.17) is 15.6 Å². The molecule has 0 heterocycles. The van der Waals surface area contributed by atoms with Crippen LogP contribution in [0.4, 0.5) is 10.5 Å². The van der Waals surface area contributed by atoms with Crippen LogP contribution in [0.2, 0.25) is 0 Å². The summed E-state index contributed by atoms with van der Waals surface area (Å²) in [5.41, 5.74) is 9.99. The molecule has 0 saturated carbocycles. The van der Waals surface area contributed by atoms with Gasteiger partial charge < -0.3 is 15.6 Å². The van der Waals surface area contributed by atoms with Gasteiger partial charge in [0.15, 0.2) is 0 Å². The highest BCUT2D eigenvalue weighted by Gasteiger charge is 2.13. The number of aryl methyl sites for hydroxylation is 1. The molecule has 24 heavy (non-hydrogen) atoms. The standard InChI is InChI=1S/C17H19N3O4/c1-12-5-7-13(8-6-12)11-24-15-4-2-3-14(9-15)20(10-16(21)22)19-17(18)23/h2-9H,10-11H2,1H3,(H,21,22)(H3,18,19,23). The van der Waals surface area contributed by atoms with Crippen molar-refractivity contribution in [2.45, 2.75) is 13.5 Å². The van der Waals surface area contributed by atoms with E-state index >= 15 is 0 Å². The number of carbonyl (C=O) groups is 2. The zero-order valence-electron chi connectivity index (χ0n) is 13.2. The second-order valence-electron chi connectivity index (χ2n) is 5.23. The first-order chi connectivity index (χ1) is 11.4. The van der Waals surface area contributed by atoms with Gasteiger partial charge in [0.25, 0.3) is 0 Å². The fourth-order valence-corrected chi connectivity index (χ4v) is 2.06. The fourth-order valence-electron chi connectivity index (χ4n) is 2.06. The van der Waals surface area contributed by atoms with E-state index in [0.29, 0.717) is 18.0 Å². The Morgan fingerprint density at radius 2 is 1.92 bits per heavy atom. The summed E-state index contributed by atoms with van der Waals surface area (Å²) in [6.07, 6.45) is 0. The molecule has 7 heteroatoms. The number of anilines is 1. The van der Waals surface area contributed by atoms with Gasteiger partial charge >= 0.3 is 12.0 Å². The summed E-state index contributed by atoms with van der Waals surface area (Å²) in [5.74, 6) is -0.551. The summed E-state index contributed by atoms with van der Waals surface area (Å²) in [7, 11) is 0. The lowest BCUT2D eigenvalue weighted by Gasteiger charge is -2.22. The van der Waals surface area contributed by atoms with Crippen molar-refractivity contribution >= 4 is 17.7 Å². The molecule has 2 aromatic carbocycles. The average molecular weight is 329 g/mol. The predicted octanol–water partition coefficient (Wildman–Crippen LogP) is 2.05. The lowest BCUT2D eigenvalue weighted by Crippen LogP contribution is -2.47. The Balaban J connectivity index is 2.09. The van der Waals surface area contributed by atoms with Crippen molar-refractivity contribution in [1.82, 2.24) is 5.43 Å². The number of carbonyl (C=O) groups excluding carboxylic acids is 1. The molecule has 0 atom stereocenters. The van der Waals surface area contributed by atoms with Crippen LogP contribution in [-0.4, -0.2) is 23.7 Å². The third-order valence-corrected chi connectivity index (χ3v) is 3.19. The Morgan fingerprint density at radius 3 is 2.54 bits per heavy atom. The summed E-state index contributed by atoms with van der Waals surface area (Å²) in [6, 6.07) is 13.8. The van der Waals surface area contributed by atoms with E-state index in [1.54, 1.807) is 24.3 Å². The number of carboxylic acids is 1. The van der Waals surface area contributed by atoms with E-state index < -0.39 is 18.5 Å². The number of hydrogen-bond acceptors (Lipinski definition) is 4. The molecule has 0 bridgehead atoms. The Kier molecular flexibility index (Phi) is 5.62. The summed E-state index contributed by atoms with van der Waals surface area (Å²) in [4.78, 5) is 22.0. The van der Waals surface area contributed by atoms with E-state index in [0.717, 1.165) is 10.6 Å². The first-order valence-corrected chi connectivity index (χ1v) is 7.28. The monoisotopic (exact) mass is 329 g/mol. The molecular formula is C17H19N3O4. The molecule has 0 aliphatic heterocycles. The van der Waals surface area contributed by atoms with E-state index in [-0.39, 0.29) is 0 Å². The minimum atomic E-state index is -1.10. The number of nitrogens with one attached hydrogen (secondary N) is 1. The van der Waals surface area contributed by atoms with Gasteiger partial charge in [0.05, 0.1) is 5.69 Å². The molecule has 2 rings (SSSR count). The molecule has 2 aromatic rings. The van der Waals surface area contributed by atoms with Crippen molar-refractivity contribution in [1.29, 1.82) is 0 Å². The number of aliphatic carboxylic acids is 1. The van der Waals surface area contributed by atoms with Crippen molar-refractivity contribution in [3.8, 4) is 5.75 Å².